The van der Waals surface area contributed by atoms with Crippen LogP contribution in [0.1, 0.15) is 22.3 Å². The molecular weight excluding hydrogens is 364 g/mol. The minimum absolute atomic E-state index is 0.0166. The van der Waals surface area contributed by atoms with Crippen molar-refractivity contribution in [1.29, 1.82) is 21.0 Å². The molecule has 0 N–H and O–H groups in total. The molecule has 0 amide bonds. The van der Waals surface area contributed by atoms with Crippen molar-refractivity contribution in [3.05, 3.63) is 72.3 Å². The molecule has 2 aromatic rings. The Labute approximate surface area is 156 Å². The monoisotopic (exact) mass is 368 g/mol. The largest absolute Gasteiger partial charge is 0.279 e. The standard InChI is InChI=1S/C18H4N6O4/c19-5-9-1-12-16(11(7-21)8-22)13-2-10(6-20)4-15(24(27)28)18(13)17(12)14(3-9)23(25)26/h1-4H. The number of hydrogen-bond acceptors (Lipinski definition) is 8. The van der Waals surface area contributed by atoms with Crippen LogP contribution in [0, 0.1) is 65.6 Å². The van der Waals surface area contributed by atoms with Crippen LogP contribution in [0.5, 0.6) is 0 Å². The number of fused-ring (bicyclic) bond motifs is 3. The summed E-state index contributed by atoms with van der Waals surface area (Å²) in [4.78, 5) is 21.6. The van der Waals surface area contributed by atoms with E-state index in [1.165, 1.54) is 12.1 Å². The number of nitro benzene ring substituents is 2. The van der Waals surface area contributed by atoms with Gasteiger partial charge in [-0.3, -0.25) is 20.2 Å². The highest BCUT2D eigenvalue weighted by molar-refractivity contribution is 6.09. The van der Waals surface area contributed by atoms with E-state index in [0.717, 1.165) is 12.1 Å². The lowest BCUT2D eigenvalue weighted by atomic mass is 9.97. The molecule has 2 aromatic carbocycles. The smallest absolute Gasteiger partial charge is 0.258 e. The molecule has 10 heteroatoms. The topological polar surface area (TPSA) is 181 Å². The van der Waals surface area contributed by atoms with E-state index in [2.05, 4.69) is 0 Å². The van der Waals surface area contributed by atoms with Crippen molar-refractivity contribution in [3.63, 3.8) is 0 Å². The average Bonchev–Trinajstić information content (AvgIpc) is 3.01. The van der Waals surface area contributed by atoms with E-state index in [4.69, 9.17) is 0 Å². The van der Waals surface area contributed by atoms with Gasteiger partial charge in [-0.25, -0.2) is 0 Å². The highest BCUT2D eigenvalue weighted by Gasteiger charge is 2.39. The molecule has 130 valence electrons. The molecule has 3 rings (SSSR count). The number of nitro groups is 2. The summed E-state index contributed by atoms with van der Waals surface area (Å²) in [5.74, 6) is 0. The quantitative estimate of drug-likeness (QED) is 0.375. The van der Waals surface area contributed by atoms with Crippen molar-refractivity contribution in [1.82, 2.24) is 0 Å². The van der Waals surface area contributed by atoms with Crippen LogP contribution >= 0.6 is 0 Å². The van der Waals surface area contributed by atoms with E-state index >= 15 is 0 Å². The van der Waals surface area contributed by atoms with Gasteiger partial charge in [0.25, 0.3) is 11.4 Å². The molecule has 0 aromatic heterocycles. The van der Waals surface area contributed by atoms with Crippen LogP contribution in [0.25, 0.3) is 16.7 Å². The van der Waals surface area contributed by atoms with Gasteiger partial charge in [0, 0.05) is 28.8 Å². The first-order chi connectivity index (χ1) is 13.4. The van der Waals surface area contributed by atoms with Gasteiger partial charge in [0.2, 0.25) is 0 Å². The lowest BCUT2D eigenvalue weighted by molar-refractivity contribution is -0.386. The summed E-state index contributed by atoms with van der Waals surface area (Å²) in [5, 5.41) is 60.2. The van der Waals surface area contributed by atoms with Crippen LogP contribution in [-0.4, -0.2) is 9.85 Å². The molecule has 28 heavy (non-hydrogen) atoms. The van der Waals surface area contributed by atoms with Crippen molar-refractivity contribution in [2.45, 2.75) is 0 Å². The van der Waals surface area contributed by atoms with E-state index in [1.807, 2.05) is 0 Å². The fraction of sp³-hybridized carbons (Fsp3) is 0. The number of rotatable bonds is 2. The zero-order valence-electron chi connectivity index (χ0n) is 13.6. The minimum atomic E-state index is -0.799. The van der Waals surface area contributed by atoms with Gasteiger partial charge in [0.05, 0.1) is 44.2 Å². The summed E-state index contributed by atoms with van der Waals surface area (Å²) in [6.07, 6.45) is 0. The van der Waals surface area contributed by atoms with Crippen LogP contribution < -0.4 is 0 Å². The normalized spacial score (nSPS) is 10.5. The van der Waals surface area contributed by atoms with Crippen LogP contribution in [0.4, 0.5) is 11.4 Å². The molecule has 0 saturated carbocycles. The third-order valence-corrected chi connectivity index (χ3v) is 4.15. The van der Waals surface area contributed by atoms with Gasteiger partial charge in [0.1, 0.15) is 17.7 Å². The van der Waals surface area contributed by atoms with Gasteiger partial charge in [0.15, 0.2) is 0 Å². The van der Waals surface area contributed by atoms with Gasteiger partial charge in [-0.2, -0.15) is 21.0 Å². The first-order valence-electron chi connectivity index (χ1n) is 7.38. The molecule has 0 saturated heterocycles. The van der Waals surface area contributed by atoms with Crippen LogP contribution in [0.15, 0.2) is 29.8 Å². The van der Waals surface area contributed by atoms with E-state index in [1.54, 1.807) is 24.3 Å². The highest BCUT2D eigenvalue weighted by atomic mass is 16.6. The first kappa shape index (κ1) is 17.8. The molecule has 0 atom stereocenters. The molecule has 0 radical (unpaired) electrons. The maximum atomic E-state index is 11.6. The van der Waals surface area contributed by atoms with Crippen molar-refractivity contribution in [2.75, 3.05) is 0 Å². The number of benzene rings is 2. The summed E-state index contributed by atoms with van der Waals surface area (Å²) in [7, 11) is 0. The second kappa shape index (κ2) is 6.34. The predicted molar refractivity (Wildman–Crippen MR) is 91.9 cm³/mol. The Bertz CT molecular complexity index is 1210. The van der Waals surface area contributed by atoms with E-state index in [-0.39, 0.29) is 39.0 Å². The number of hydrogen-bond donors (Lipinski definition) is 0. The van der Waals surface area contributed by atoms with Crippen LogP contribution in [-0.2, 0) is 0 Å². The Balaban J connectivity index is 2.67. The molecule has 0 heterocycles. The second-order valence-corrected chi connectivity index (χ2v) is 5.55. The Morgan fingerprint density at radius 2 is 1.14 bits per heavy atom. The zero-order chi connectivity index (χ0) is 20.6. The van der Waals surface area contributed by atoms with Gasteiger partial charge >= 0.3 is 0 Å². The van der Waals surface area contributed by atoms with Crippen molar-refractivity contribution in [3.8, 4) is 35.4 Å². The van der Waals surface area contributed by atoms with Crippen LogP contribution in [0.3, 0.4) is 0 Å². The third kappa shape index (κ3) is 2.40. The van der Waals surface area contributed by atoms with Gasteiger partial charge in [-0.15, -0.1) is 0 Å². The first-order valence-corrected chi connectivity index (χ1v) is 7.38. The Hall–Kier alpha value is -5.06. The molecule has 0 spiro atoms. The van der Waals surface area contributed by atoms with Crippen molar-refractivity contribution < 1.29 is 9.85 Å². The number of nitriles is 4. The summed E-state index contributed by atoms with van der Waals surface area (Å²) in [6.45, 7) is 0. The molecule has 1 aliphatic rings. The molecule has 0 unspecified atom stereocenters. The fourth-order valence-corrected chi connectivity index (χ4v) is 3.14. The minimum Gasteiger partial charge on any atom is -0.258 e. The Morgan fingerprint density at radius 3 is 1.43 bits per heavy atom. The van der Waals surface area contributed by atoms with Crippen LogP contribution in [0.2, 0.25) is 0 Å². The lowest BCUT2D eigenvalue weighted by Crippen LogP contribution is -1.97. The van der Waals surface area contributed by atoms with Crippen molar-refractivity contribution >= 4 is 16.9 Å². The van der Waals surface area contributed by atoms with Gasteiger partial charge in [-0.1, -0.05) is 0 Å². The Kier molecular flexibility index (Phi) is 4.02. The third-order valence-electron chi connectivity index (χ3n) is 4.15. The SMILES string of the molecule is N#CC(C#N)=C1c2cc(C#N)cc([N+](=O)[O-])c2-c2c1cc(C#N)cc2[N+](=O)[O-]. The van der Waals surface area contributed by atoms with Gasteiger partial charge < -0.3 is 0 Å². The Morgan fingerprint density at radius 1 is 0.750 bits per heavy atom. The molecular formula is C18H4N6O4. The fourth-order valence-electron chi connectivity index (χ4n) is 3.14. The predicted octanol–water partition coefficient (Wildman–Crippen LogP) is 3.08. The molecule has 0 fully saturated rings. The van der Waals surface area contributed by atoms with Crippen molar-refractivity contribution in [2.24, 2.45) is 0 Å². The molecule has 0 aliphatic heterocycles. The summed E-state index contributed by atoms with van der Waals surface area (Å²) >= 11 is 0. The summed E-state index contributed by atoms with van der Waals surface area (Å²) < 4.78 is 0. The summed E-state index contributed by atoms with van der Waals surface area (Å²) in [5.41, 5.74) is -2.30. The maximum Gasteiger partial charge on any atom is 0.279 e. The zero-order valence-corrected chi connectivity index (χ0v) is 13.6. The van der Waals surface area contributed by atoms with E-state index in [0.29, 0.717) is 0 Å². The molecule has 0 bridgehead atoms. The van der Waals surface area contributed by atoms with E-state index in [9.17, 15) is 41.3 Å². The second-order valence-electron chi connectivity index (χ2n) is 5.55. The lowest BCUT2D eigenvalue weighted by Gasteiger charge is -2.04. The van der Waals surface area contributed by atoms with E-state index < -0.39 is 26.8 Å². The number of nitrogens with zero attached hydrogens (tertiary/aromatic N) is 6. The highest BCUT2D eigenvalue weighted by Crippen LogP contribution is 2.53. The maximum absolute atomic E-state index is 11.6. The number of allylic oxidation sites excluding steroid dienone is 1. The molecule has 1 aliphatic carbocycles. The molecule has 10 nitrogen and oxygen atoms in total. The van der Waals surface area contributed by atoms with Gasteiger partial charge in [-0.05, 0) is 12.1 Å². The summed E-state index contributed by atoms with van der Waals surface area (Å²) in [6, 6.07) is 11.2. The average molecular weight is 368 g/mol.